The smallest absolute Gasteiger partial charge is 0.304 e. The molecule has 1 aromatic carbocycles. The van der Waals surface area contributed by atoms with E-state index >= 15 is 0 Å². The van der Waals surface area contributed by atoms with Gasteiger partial charge in [-0.15, -0.1) is 0 Å². The van der Waals surface area contributed by atoms with Crippen LogP contribution in [-0.2, 0) is 4.79 Å². The Morgan fingerprint density at radius 2 is 2.00 bits per heavy atom. The summed E-state index contributed by atoms with van der Waals surface area (Å²) in [5, 5.41) is 9.01. The minimum Gasteiger partial charge on any atom is -0.481 e. The number of rotatable bonds is 5. The third-order valence-corrected chi connectivity index (χ3v) is 3.34. The molecule has 20 heavy (non-hydrogen) atoms. The van der Waals surface area contributed by atoms with Crippen LogP contribution in [0.5, 0.6) is 0 Å². The summed E-state index contributed by atoms with van der Waals surface area (Å²) in [4.78, 5) is 27.6. The van der Waals surface area contributed by atoms with Gasteiger partial charge >= 0.3 is 5.97 Å². The second-order valence-electron chi connectivity index (χ2n) is 4.28. The summed E-state index contributed by atoms with van der Waals surface area (Å²) in [6.45, 7) is 0. The molecule has 0 amide bonds. The molecule has 0 aliphatic rings. The molecule has 0 fully saturated rings. The van der Waals surface area contributed by atoms with Crippen molar-refractivity contribution in [2.24, 2.45) is 0 Å². The number of pyridine rings is 1. The van der Waals surface area contributed by atoms with Gasteiger partial charge in [0.1, 0.15) is 0 Å². The molecule has 1 N–H and O–H groups in total. The lowest BCUT2D eigenvalue weighted by Crippen LogP contribution is -2.18. The van der Waals surface area contributed by atoms with E-state index in [-0.39, 0.29) is 12.2 Å². The number of benzene rings is 1. The molecule has 1 atom stereocenters. The number of hydrogen-bond donors (Lipinski definition) is 1. The standard InChI is InChI=1S/C15H12BrNO3/c16-11-5-3-4-10(8-11)15(20)12(9-14(18)19)13-6-1-2-7-17-13/h1-8,12H,9H2,(H,18,19). The van der Waals surface area contributed by atoms with Gasteiger partial charge in [0.25, 0.3) is 0 Å². The van der Waals surface area contributed by atoms with Crippen molar-refractivity contribution >= 4 is 27.7 Å². The summed E-state index contributed by atoms with van der Waals surface area (Å²) in [7, 11) is 0. The van der Waals surface area contributed by atoms with Gasteiger partial charge in [-0.2, -0.15) is 0 Å². The summed E-state index contributed by atoms with van der Waals surface area (Å²) >= 11 is 3.30. The molecule has 0 radical (unpaired) electrons. The number of aliphatic carboxylic acids is 1. The Bertz CT molecular complexity index is 628. The van der Waals surface area contributed by atoms with Crippen molar-refractivity contribution in [1.82, 2.24) is 4.98 Å². The number of hydrogen-bond acceptors (Lipinski definition) is 3. The molecule has 2 rings (SSSR count). The molecule has 0 saturated carbocycles. The number of Topliss-reactive ketones (excluding diaryl/α,β-unsaturated/α-hetero) is 1. The van der Waals surface area contributed by atoms with E-state index in [2.05, 4.69) is 20.9 Å². The molecule has 2 aromatic rings. The average molecular weight is 334 g/mol. The summed E-state index contributed by atoms with van der Waals surface area (Å²) in [5.41, 5.74) is 0.941. The van der Waals surface area contributed by atoms with E-state index in [9.17, 15) is 9.59 Å². The lowest BCUT2D eigenvalue weighted by atomic mass is 9.91. The maximum absolute atomic E-state index is 12.5. The fourth-order valence-corrected chi connectivity index (χ4v) is 2.33. The Morgan fingerprint density at radius 1 is 1.20 bits per heavy atom. The normalized spacial score (nSPS) is 11.8. The van der Waals surface area contributed by atoms with Crippen molar-refractivity contribution in [3.8, 4) is 0 Å². The molecule has 0 bridgehead atoms. The van der Waals surface area contributed by atoms with Crippen LogP contribution in [0, 0.1) is 0 Å². The minimum atomic E-state index is -1.02. The van der Waals surface area contributed by atoms with Crippen LogP contribution < -0.4 is 0 Å². The van der Waals surface area contributed by atoms with Gasteiger partial charge in [0, 0.05) is 16.2 Å². The van der Waals surface area contributed by atoms with Crippen LogP contribution >= 0.6 is 15.9 Å². The van der Waals surface area contributed by atoms with Crippen LogP contribution in [0.3, 0.4) is 0 Å². The van der Waals surface area contributed by atoms with Crippen molar-refractivity contribution in [2.45, 2.75) is 12.3 Å². The lowest BCUT2D eigenvalue weighted by Gasteiger charge is -2.13. The molecule has 5 heteroatoms. The Labute approximate surface area is 124 Å². The largest absolute Gasteiger partial charge is 0.481 e. The van der Waals surface area contributed by atoms with E-state index in [1.165, 1.54) is 0 Å². The van der Waals surface area contributed by atoms with Crippen LogP contribution in [0.2, 0.25) is 0 Å². The first-order valence-corrected chi connectivity index (χ1v) is 6.79. The van der Waals surface area contributed by atoms with Gasteiger partial charge in [-0.3, -0.25) is 14.6 Å². The molecule has 1 unspecified atom stereocenters. The van der Waals surface area contributed by atoms with E-state index in [1.807, 2.05) is 6.07 Å². The number of ketones is 1. The predicted molar refractivity (Wildman–Crippen MR) is 77.7 cm³/mol. The molecular formula is C15H12BrNO3. The molecular weight excluding hydrogens is 322 g/mol. The number of halogens is 1. The Hall–Kier alpha value is -2.01. The zero-order valence-electron chi connectivity index (χ0n) is 10.5. The molecule has 1 aromatic heterocycles. The van der Waals surface area contributed by atoms with Crippen LogP contribution in [0.15, 0.2) is 53.1 Å². The SMILES string of the molecule is O=C(O)CC(C(=O)c1cccc(Br)c1)c1ccccn1. The number of carboxylic acids is 1. The number of carboxylic acid groups (broad SMARTS) is 1. The highest BCUT2D eigenvalue weighted by molar-refractivity contribution is 9.10. The first kappa shape index (κ1) is 14.4. The Kier molecular flexibility index (Phi) is 4.63. The Balaban J connectivity index is 2.36. The maximum Gasteiger partial charge on any atom is 0.304 e. The van der Waals surface area contributed by atoms with Crippen molar-refractivity contribution in [2.75, 3.05) is 0 Å². The zero-order valence-corrected chi connectivity index (χ0v) is 12.1. The molecule has 0 saturated heterocycles. The fraction of sp³-hybridized carbons (Fsp3) is 0.133. The van der Waals surface area contributed by atoms with Crippen molar-refractivity contribution in [1.29, 1.82) is 0 Å². The maximum atomic E-state index is 12.5. The number of nitrogens with zero attached hydrogens (tertiary/aromatic N) is 1. The van der Waals surface area contributed by atoms with Crippen LogP contribution in [0.25, 0.3) is 0 Å². The van der Waals surface area contributed by atoms with E-state index < -0.39 is 11.9 Å². The Morgan fingerprint density at radius 3 is 2.60 bits per heavy atom. The van der Waals surface area contributed by atoms with Crippen molar-refractivity contribution < 1.29 is 14.7 Å². The number of aromatic nitrogens is 1. The highest BCUT2D eigenvalue weighted by Gasteiger charge is 2.25. The molecule has 0 spiro atoms. The predicted octanol–water partition coefficient (Wildman–Crippen LogP) is 3.29. The first-order chi connectivity index (χ1) is 9.58. The number of carbonyl (C=O) groups excluding carboxylic acids is 1. The molecule has 0 aliphatic carbocycles. The van der Waals surface area contributed by atoms with E-state index in [0.29, 0.717) is 11.3 Å². The van der Waals surface area contributed by atoms with E-state index in [0.717, 1.165) is 4.47 Å². The van der Waals surface area contributed by atoms with Gasteiger partial charge in [-0.05, 0) is 24.3 Å². The molecule has 0 aliphatic heterocycles. The van der Waals surface area contributed by atoms with Crippen LogP contribution in [0.4, 0.5) is 0 Å². The highest BCUT2D eigenvalue weighted by Crippen LogP contribution is 2.24. The summed E-state index contributed by atoms with van der Waals surface area (Å²) in [5.74, 6) is -2.04. The van der Waals surface area contributed by atoms with E-state index in [4.69, 9.17) is 5.11 Å². The van der Waals surface area contributed by atoms with Gasteiger partial charge < -0.3 is 5.11 Å². The molecule has 4 nitrogen and oxygen atoms in total. The first-order valence-electron chi connectivity index (χ1n) is 6.00. The van der Waals surface area contributed by atoms with Gasteiger partial charge in [0.2, 0.25) is 0 Å². The van der Waals surface area contributed by atoms with Gasteiger partial charge in [-0.1, -0.05) is 34.1 Å². The lowest BCUT2D eigenvalue weighted by molar-refractivity contribution is -0.137. The minimum absolute atomic E-state index is 0.243. The average Bonchev–Trinajstić information content (AvgIpc) is 2.45. The number of carbonyl (C=O) groups is 2. The quantitative estimate of drug-likeness (QED) is 0.852. The van der Waals surface area contributed by atoms with Gasteiger partial charge in [-0.25, -0.2) is 0 Å². The van der Waals surface area contributed by atoms with Crippen molar-refractivity contribution in [3.05, 3.63) is 64.4 Å². The van der Waals surface area contributed by atoms with Crippen molar-refractivity contribution in [3.63, 3.8) is 0 Å². The van der Waals surface area contributed by atoms with Crippen LogP contribution in [-0.4, -0.2) is 21.8 Å². The third-order valence-electron chi connectivity index (χ3n) is 2.85. The second-order valence-corrected chi connectivity index (χ2v) is 5.20. The van der Waals surface area contributed by atoms with Gasteiger partial charge in [0.05, 0.1) is 18.0 Å². The zero-order chi connectivity index (χ0) is 14.5. The topological polar surface area (TPSA) is 67.3 Å². The summed E-state index contributed by atoms with van der Waals surface area (Å²) < 4.78 is 0.776. The molecule has 1 heterocycles. The monoisotopic (exact) mass is 333 g/mol. The molecule has 102 valence electrons. The highest BCUT2D eigenvalue weighted by atomic mass is 79.9. The van der Waals surface area contributed by atoms with E-state index in [1.54, 1.807) is 42.6 Å². The fourth-order valence-electron chi connectivity index (χ4n) is 1.93. The third kappa shape index (κ3) is 3.51. The second kappa shape index (κ2) is 6.43. The summed E-state index contributed by atoms with van der Waals surface area (Å²) in [6.07, 6.45) is 1.28. The van der Waals surface area contributed by atoms with Crippen LogP contribution in [0.1, 0.15) is 28.4 Å². The summed E-state index contributed by atoms with van der Waals surface area (Å²) in [6, 6.07) is 12.0. The van der Waals surface area contributed by atoms with Gasteiger partial charge in [0.15, 0.2) is 5.78 Å².